The average molecular weight is 231 g/mol. The molecule has 1 nitrogen and oxygen atoms in total. The SMILES string of the molecule is Cc1ccc(CN[C@@H]2CCC[C@@H](C)[C@H]2C)cc1. The molecule has 0 amide bonds. The van der Waals surface area contributed by atoms with E-state index < -0.39 is 0 Å². The molecule has 1 aromatic rings. The number of nitrogens with one attached hydrogen (secondary N) is 1. The van der Waals surface area contributed by atoms with Gasteiger partial charge in [-0.2, -0.15) is 0 Å². The Kier molecular flexibility index (Phi) is 4.22. The summed E-state index contributed by atoms with van der Waals surface area (Å²) in [6.07, 6.45) is 4.14. The third-order valence-electron chi connectivity index (χ3n) is 4.40. The largest absolute Gasteiger partial charge is 0.310 e. The summed E-state index contributed by atoms with van der Waals surface area (Å²) < 4.78 is 0. The van der Waals surface area contributed by atoms with Crippen molar-refractivity contribution >= 4 is 0 Å². The predicted octanol–water partition coefficient (Wildman–Crippen LogP) is 3.91. The minimum Gasteiger partial charge on any atom is -0.310 e. The summed E-state index contributed by atoms with van der Waals surface area (Å²) in [5.74, 6) is 1.69. The van der Waals surface area contributed by atoms with Gasteiger partial charge in [-0.25, -0.2) is 0 Å². The monoisotopic (exact) mass is 231 g/mol. The first-order valence-electron chi connectivity index (χ1n) is 6.96. The molecule has 0 aromatic heterocycles. The van der Waals surface area contributed by atoms with Crippen molar-refractivity contribution in [3.8, 4) is 0 Å². The van der Waals surface area contributed by atoms with Gasteiger partial charge < -0.3 is 5.32 Å². The molecule has 1 N–H and O–H groups in total. The van der Waals surface area contributed by atoms with Gasteiger partial charge >= 0.3 is 0 Å². The zero-order chi connectivity index (χ0) is 12.3. The maximum Gasteiger partial charge on any atom is 0.0208 e. The maximum atomic E-state index is 3.74. The molecule has 0 unspecified atom stereocenters. The number of hydrogen-bond donors (Lipinski definition) is 1. The van der Waals surface area contributed by atoms with Crippen LogP contribution in [0.4, 0.5) is 0 Å². The Hall–Kier alpha value is -0.820. The molecule has 17 heavy (non-hydrogen) atoms. The normalized spacial score (nSPS) is 29.2. The molecule has 1 saturated carbocycles. The summed E-state index contributed by atoms with van der Waals surface area (Å²) in [7, 11) is 0. The number of hydrogen-bond acceptors (Lipinski definition) is 1. The van der Waals surface area contributed by atoms with Gasteiger partial charge in [-0.1, -0.05) is 56.5 Å². The van der Waals surface area contributed by atoms with E-state index in [2.05, 4.69) is 50.4 Å². The first kappa shape index (κ1) is 12.6. The lowest BCUT2D eigenvalue weighted by atomic mass is 9.78. The molecule has 0 bridgehead atoms. The molecule has 0 spiro atoms. The highest BCUT2D eigenvalue weighted by Gasteiger charge is 2.26. The zero-order valence-corrected chi connectivity index (χ0v) is 11.4. The summed E-state index contributed by atoms with van der Waals surface area (Å²) in [4.78, 5) is 0. The molecular formula is C16H25N. The quantitative estimate of drug-likeness (QED) is 0.831. The third kappa shape index (κ3) is 3.32. The van der Waals surface area contributed by atoms with Gasteiger partial charge in [-0.3, -0.25) is 0 Å². The summed E-state index contributed by atoms with van der Waals surface area (Å²) in [5.41, 5.74) is 2.74. The van der Waals surface area contributed by atoms with E-state index in [-0.39, 0.29) is 0 Å². The minimum absolute atomic E-state index is 0.708. The van der Waals surface area contributed by atoms with E-state index in [1.807, 2.05) is 0 Å². The molecular weight excluding hydrogens is 206 g/mol. The van der Waals surface area contributed by atoms with Gasteiger partial charge in [0.25, 0.3) is 0 Å². The molecule has 3 atom stereocenters. The fourth-order valence-electron chi connectivity index (χ4n) is 2.82. The first-order chi connectivity index (χ1) is 8.16. The van der Waals surface area contributed by atoms with Crippen molar-refractivity contribution in [3.63, 3.8) is 0 Å². The number of aryl methyl sites for hydroxylation is 1. The number of rotatable bonds is 3. The van der Waals surface area contributed by atoms with Gasteiger partial charge in [0.05, 0.1) is 0 Å². The molecule has 0 heterocycles. The Morgan fingerprint density at radius 1 is 1.12 bits per heavy atom. The van der Waals surface area contributed by atoms with Crippen LogP contribution in [0, 0.1) is 18.8 Å². The highest BCUT2D eigenvalue weighted by Crippen LogP contribution is 2.29. The molecule has 1 fully saturated rings. The van der Waals surface area contributed by atoms with E-state index in [9.17, 15) is 0 Å². The van der Waals surface area contributed by atoms with Gasteiger partial charge in [0.2, 0.25) is 0 Å². The van der Waals surface area contributed by atoms with Crippen LogP contribution in [0.5, 0.6) is 0 Å². The van der Waals surface area contributed by atoms with Gasteiger partial charge in [0.1, 0.15) is 0 Å². The lowest BCUT2D eigenvalue weighted by Crippen LogP contribution is -2.40. The lowest BCUT2D eigenvalue weighted by Gasteiger charge is -2.34. The van der Waals surface area contributed by atoms with Crippen LogP contribution in [0.1, 0.15) is 44.2 Å². The second kappa shape index (κ2) is 5.68. The third-order valence-corrected chi connectivity index (χ3v) is 4.40. The first-order valence-corrected chi connectivity index (χ1v) is 6.96. The Morgan fingerprint density at radius 2 is 1.82 bits per heavy atom. The van der Waals surface area contributed by atoms with Crippen molar-refractivity contribution in [2.75, 3.05) is 0 Å². The molecule has 94 valence electrons. The highest BCUT2D eigenvalue weighted by atomic mass is 14.9. The second-order valence-electron chi connectivity index (χ2n) is 5.74. The van der Waals surface area contributed by atoms with Crippen molar-refractivity contribution < 1.29 is 0 Å². The van der Waals surface area contributed by atoms with Crippen LogP contribution >= 0.6 is 0 Å². The molecule has 0 saturated heterocycles. The van der Waals surface area contributed by atoms with E-state index in [1.54, 1.807) is 0 Å². The summed E-state index contributed by atoms with van der Waals surface area (Å²) in [6, 6.07) is 9.58. The van der Waals surface area contributed by atoms with E-state index in [1.165, 1.54) is 30.4 Å². The summed E-state index contributed by atoms with van der Waals surface area (Å²) in [6.45, 7) is 7.95. The minimum atomic E-state index is 0.708. The lowest BCUT2D eigenvalue weighted by molar-refractivity contribution is 0.206. The zero-order valence-electron chi connectivity index (χ0n) is 11.4. The standard InChI is InChI=1S/C16H25N/c1-12-7-9-15(10-8-12)11-17-16-6-4-5-13(2)14(16)3/h7-10,13-14,16-17H,4-6,11H2,1-3H3/t13-,14-,16-/m1/s1. The van der Waals surface area contributed by atoms with E-state index in [0.29, 0.717) is 6.04 Å². The molecule has 0 radical (unpaired) electrons. The summed E-state index contributed by atoms with van der Waals surface area (Å²) >= 11 is 0. The fourth-order valence-corrected chi connectivity index (χ4v) is 2.82. The molecule has 0 aliphatic heterocycles. The smallest absolute Gasteiger partial charge is 0.0208 e. The predicted molar refractivity (Wildman–Crippen MR) is 74.0 cm³/mol. The molecule has 1 aliphatic carbocycles. The van der Waals surface area contributed by atoms with Crippen LogP contribution < -0.4 is 5.32 Å². The van der Waals surface area contributed by atoms with Crippen LogP contribution in [-0.2, 0) is 6.54 Å². The maximum absolute atomic E-state index is 3.74. The molecule has 1 aliphatic rings. The van der Waals surface area contributed by atoms with Crippen molar-refractivity contribution in [1.29, 1.82) is 0 Å². The van der Waals surface area contributed by atoms with Gasteiger partial charge in [-0.15, -0.1) is 0 Å². The van der Waals surface area contributed by atoms with E-state index >= 15 is 0 Å². The van der Waals surface area contributed by atoms with Gasteiger partial charge in [0, 0.05) is 12.6 Å². The average Bonchev–Trinajstić information content (AvgIpc) is 2.33. The highest BCUT2D eigenvalue weighted by molar-refractivity contribution is 5.21. The van der Waals surface area contributed by atoms with Crippen LogP contribution in [0.15, 0.2) is 24.3 Å². The fraction of sp³-hybridized carbons (Fsp3) is 0.625. The van der Waals surface area contributed by atoms with Crippen LogP contribution in [0.3, 0.4) is 0 Å². The van der Waals surface area contributed by atoms with Crippen molar-refractivity contribution in [3.05, 3.63) is 35.4 Å². The van der Waals surface area contributed by atoms with Crippen molar-refractivity contribution in [1.82, 2.24) is 5.32 Å². The van der Waals surface area contributed by atoms with Crippen molar-refractivity contribution in [2.24, 2.45) is 11.8 Å². The van der Waals surface area contributed by atoms with Crippen LogP contribution in [0.25, 0.3) is 0 Å². The molecule has 2 rings (SSSR count). The van der Waals surface area contributed by atoms with E-state index in [4.69, 9.17) is 0 Å². The Morgan fingerprint density at radius 3 is 2.53 bits per heavy atom. The van der Waals surface area contributed by atoms with Gasteiger partial charge in [-0.05, 0) is 30.7 Å². The van der Waals surface area contributed by atoms with Crippen LogP contribution in [-0.4, -0.2) is 6.04 Å². The van der Waals surface area contributed by atoms with Crippen LogP contribution in [0.2, 0.25) is 0 Å². The topological polar surface area (TPSA) is 12.0 Å². The Bertz CT molecular complexity index is 341. The Labute approximate surface area is 106 Å². The summed E-state index contributed by atoms with van der Waals surface area (Å²) in [5, 5.41) is 3.74. The second-order valence-corrected chi connectivity index (χ2v) is 5.74. The van der Waals surface area contributed by atoms with Crippen molar-refractivity contribution in [2.45, 2.75) is 52.6 Å². The Balaban J connectivity index is 1.87. The molecule has 1 aromatic carbocycles. The molecule has 1 heteroatoms. The van der Waals surface area contributed by atoms with Gasteiger partial charge in [0.15, 0.2) is 0 Å². The number of benzene rings is 1. The van der Waals surface area contributed by atoms with E-state index in [0.717, 1.165) is 18.4 Å².